The Morgan fingerprint density at radius 3 is 2.62 bits per heavy atom. The molecule has 2 aromatic carbocycles. The van der Waals surface area contributed by atoms with Crippen molar-refractivity contribution in [2.75, 3.05) is 5.32 Å². The van der Waals surface area contributed by atoms with Gasteiger partial charge in [0.25, 0.3) is 0 Å². The van der Waals surface area contributed by atoms with Gasteiger partial charge in [-0.25, -0.2) is 4.98 Å². The molecule has 0 fully saturated rings. The Morgan fingerprint density at radius 2 is 1.97 bits per heavy atom. The smallest absolute Gasteiger partial charge is 0.309 e. The Balaban J connectivity index is 1.68. The van der Waals surface area contributed by atoms with E-state index in [1.807, 2.05) is 60.7 Å². The van der Waals surface area contributed by atoms with E-state index in [4.69, 9.17) is 11.6 Å². The number of aromatic nitrogens is 1. The fourth-order valence-corrected chi connectivity index (χ4v) is 4.86. The molecular weight excluding hydrogens is 444 g/mol. The molecule has 1 heterocycles. The number of nitrogens with one attached hydrogen (secondary N) is 1. The number of Topliss-reactive ketones (excluding diaryl/α,β-unsaturated/α-hetero) is 1. The number of carboxylic acids is 1. The number of carbonyl (C=O) groups is 2. The Labute approximate surface area is 195 Å². The van der Waals surface area contributed by atoms with Crippen LogP contribution in [0.5, 0.6) is 0 Å². The molecule has 0 saturated heterocycles. The van der Waals surface area contributed by atoms with E-state index < -0.39 is 16.9 Å². The van der Waals surface area contributed by atoms with Gasteiger partial charge in [-0.15, -0.1) is 0 Å². The number of carbonyl (C=O) groups excluding carboxylic acids is 1. The number of nitrogens with zero attached hydrogens (tertiary/aromatic N) is 1. The van der Waals surface area contributed by atoms with Gasteiger partial charge in [-0.3, -0.25) is 9.59 Å². The number of rotatable bonds is 7. The van der Waals surface area contributed by atoms with Gasteiger partial charge in [-0.2, -0.15) is 0 Å². The minimum atomic E-state index is -1.18. The van der Waals surface area contributed by atoms with Crippen molar-refractivity contribution in [2.24, 2.45) is 5.41 Å². The molecule has 0 spiro atoms. The van der Waals surface area contributed by atoms with E-state index in [0.717, 1.165) is 21.4 Å². The van der Waals surface area contributed by atoms with Crippen molar-refractivity contribution < 1.29 is 14.7 Å². The molecule has 1 aromatic heterocycles. The van der Waals surface area contributed by atoms with Crippen molar-refractivity contribution in [1.82, 2.24) is 4.98 Å². The average molecular weight is 467 g/mol. The molecule has 164 valence electrons. The van der Waals surface area contributed by atoms with Crippen molar-refractivity contribution in [1.29, 1.82) is 0 Å². The van der Waals surface area contributed by atoms with E-state index in [1.54, 1.807) is 19.9 Å². The lowest BCUT2D eigenvalue weighted by molar-refractivity contribution is -0.149. The molecule has 4 rings (SSSR count). The first-order valence-corrected chi connectivity index (χ1v) is 11.4. The summed E-state index contributed by atoms with van der Waals surface area (Å²) in [5.74, 6) is -1.20. The summed E-state index contributed by atoms with van der Waals surface area (Å²) in [6, 6.07) is 15.4. The zero-order valence-electron chi connectivity index (χ0n) is 17.8. The van der Waals surface area contributed by atoms with Gasteiger partial charge >= 0.3 is 5.97 Å². The number of aliphatic carboxylic acids is 1. The number of hydrogen-bond acceptors (Lipinski definition) is 5. The zero-order chi connectivity index (χ0) is 22.9. The highest BCUT2D eigenvalue weighted by atomic mass is 35.5. The van der Waals surface area contributed by atoms with Gasteiger partial charge in [0.2, 0.25) is 0 Å². The molecule has 0 bridgehead atoms. The number of hydrogen-bond donors (Lipinski definition) is 2. The van der Waals surface area contributed by atoms with Crippen LogP contribution in [-0.4, -0.2) is 27.4 Å². The maximum atomic E-state index is 13.5. The lowest BCUT2D eigenvalue weighted by Gasteiger charge is -2.34. The van der Waals surface area contributed by atoms with Crippen LogP contribution in [0.3, 0.4) is 0 Å². The SMILES string of the molecule is CC(C)(CC(=O)C1(Nc2nc3ccc(Cl)cc3s2)C=CC(c2ccccc2)=CC1)C(=O)O. The summed E-state index contributed by atoms with van der Waals surface area (Å²) in [5.41, 5.74) is 0.609. The first-order chi connectivity index (χ1) is 15.2. The van der Waals surface area contributed by atoms with E-state index >= 15 is 0 Å². The first-order valence-electron chi connectivity index (χ1n) is 10.2. The maximum absolute atomic E-state index is 13.5. The van der Waals surface area contributed by atoms with Gasteiger partial charge in [0.15, 0.2) is 10.9 Å². The van der Waals surface area contributed by atoms with E-state index in [-0.39, 0.29) is 12.2 Å². The van der Waals surface area contributed by atoms with Crippen LogP contribution in [0, 0.1) is 5.41 Å². The molecule has 2 N–H and O–H groups in total. The lowest BCUT2D eigenvalue weighted by Crippen LogP contribution is -2.47. The fourth-order valence-electron chi connectivity index (χ4n) is 3.63. The largest absolute Gasteiger partial charge is 0.481 e. The van der Waals surface area contributed by atoms with Crippen LogP contribution in [0.1, 0.15) is 32.3 Å². The number of fused-ring (bicyclic) bond motifs is 1. The number of thiazole rings is 1. The van der Waals surface area contributed by atoms with Crippen LogP contribution in [0.2, 0.25) is 5.02 Å². The summed E-state index contributed by atoms with van der Waals surface area (Å²) in [4.78, 5) is 29.8. The number of halogens is 1. The third-order valence-electron chi connectivity index (χ3n) is 5.66. The van der Waals surface area contributed by atoms with Crippen LogP contribution in [0.4, 0.5) is 5.13 Å². The van der Waals surface area contributed by atoms with Crippen LogP contribution in [0.25, 0.3) is 15.8 Å². The quantitative estimate of drug-likeness (QED) is 0.432. The molecule has 1 atom stereocenters. The number of allylic oxidation sites excluding steroid dienone is 2. The standard InChI is InChI=1S/C25H23ClN2O3S/c1-24(2,22(30)31)15-21(29)25(12-10-17(11-13-25)16-6-4-3-5-7-16)28-23-27-19-9-8-18(26)14-20(19)32-23/h3-12,14H,13,15H2,1-2H3,(H,27,28)(H,30,31). The zero-order valence-corrected chi connectivity index (χ0v) is 19.3. The molecule has 0 amide bonds. The molecule has 1 unspecified atom stereocenters. The number of carboxylic acid groups (broad SMARTS) is 1. The molecule has 0 saturated carbocycles. The van der Waals surface area contributed by atoms with Crippen molar-refractivity contribution in [3.05, 3.63) is 77.3 Å². The molecule has 0 radical (unpaired) electrons. The Kier molecular flexibility index (Phi) is 5.93. The highest BCUT2D eigenvalue weighted by Gasteiger charge is 2.42. The van der Waals surface area contributed by atoms with E-state index in [1.165, 1.54) is 11.3 Å². The molecular formula is C25H23ClN2O3S. The van der Waals surface area contributed by atoms with E-state index in [9.17, 15) is 14.7 Å². The third-order valence-corrected chi connectivity index (χ3v) is 6.83. The summed E-state index contributed by atoms with van der Waals surface area (Å²) in [6.07, 6.45) is 6.05. The molecule has 1 aliphatic carbocycles. The first kappa shape index (κ1) is 22.2. The Morgan fingerprint density at radius 1 is 1.22 bits per heavy atom. The van der Waals surface area contributed by atoms with Crippen molar-refractivity contribution in [3.63, 3.8) is 0 Å². The second-order valence-corrected chi connectivity index (χ2v) is 10.0. The van der Waals surface area contributed by atoms with Gasteiger partial charge in [0, 0.05) is 17.9 Å². The maximum Gasteiger partial charge on any atom is 0.309 e. The normalized spacial score (nSPS) is 18.4. The highest BCUT2D eigenvalue weighted by molar-refractivity contribution is 7.22. The van der Waals surface area contributed by atoms with Crippen LogP contribution in [0.15, 0.2) is 66.8 Å². The van der Waals surface area contributed by atoms with Crippen molar-refractivity contribution >= 4 is 55.6 Å². The van der Waals surface area contributed by atoms with E-state index in [0.29, 0.717) is 16.6 Å². The van der Waals surface area contributed by atoms with Gasteiger partial charge in [-0.05, 0) is 43.2 Å². The second-order valence-electron chi connectivity index (χ2n) is 8.58. The Hall–Kier alpha value is -2.96. The van der Waals surface area contributed by atoms with Crippen molar-refractivity contribution in [3.8, 4) is 0 Å². The summed E-state index contributed by atoms with van der Waals surface area (Å²) >= 11 is 7.52. The summed E-state index contributed by atoms with van der Waals surface area (Å²) in [6.45, 7) is 3.14. The van der Waals surface area contributed by atoms with Gasteiger partial charge < -0.3 is 10.4 Å². The summed E-state index contributed by atoms with van der Waals surface area (Å²) in [5, 5.41) is 14.1. The van der Waals surface area contributed by atoms with Crippen LogP contribution < -0.4 is 5.32 Å². The Bertz CT molecular complexity index is 1250. The van der Waals surface area contributed by atoms with Crippen molar-refractivity contribution in [2.45, 2.75) is 32.2 Å². The summed E-state index contributed by atoms with van der Waals surface area (Å²) in [7, 11) is 0. The average Bonchev–Trinajstić information content (AvgIpc) is 3.15. The topological polar surface area (TPSA) is 79.3 Å². The minimum absolute atomic E-state index is 0.106. The van der Waals surface area contributed by atoms with Crippen LogP contribution >= 0.6 is 22.9 Å². The number of benzene rings is 2. The molecule has 3 aromatic rings. The van der Waals surface area contributed by atoms with Gasteiger partial charge in [-0.1, -0.05) is 71.5 Å². The fraction of sp³-hybridized carbons (Fsp3) is 0.240. The molecule has 5 nitrogen and oxygen atoms in total. The molecule has 32 heavy (non-hydrogen) atoms. The third kappa shape index (κ3) is 4.47. The monoisotopic (exact) mass is 466 g/mol. The van der Waals surface area contributed by atoms with Gasteiger partial charge in [0.05, 0.1) is 15.6 Å². The number of anilines is 1. The molecule has 1 aliphatic rings. The highest BCUT2D eigenvalue weighted by Crippen LogP contribution is 2.37. The van der Waals surface area contributed by atoms with Gasteiger partial charge in [0.1, 0.15) is 5.54 Å². The molecule has 0 aliphatic heterocycles. The predicted octanol–water partition coefficient (Wildman–Crippen LogP) is 6.21. The van der Waals surface area contributed by atoms with E-state index in [2.05, 4.69) is 10.3 Å². The van der Waals surface area contributed by atoms with Crippen LogP contribution in [-0.2, 0) is 9.59 Å². The number of ketones is 1. The minimum Gasteiger partial charge on any atom is -0.481 e. The lowest BCUT2D eigenvalue weighted by atomic mass is 9.76. The summed E-state index contributed by atoms with van der Waals surface area (Å²) < 4.78 is 0.911. The predicted molar refractivity (Wildman–Crippen MR) is 130 cm³/mol. The second kappa shape index (κ2) is 8.52. The molecule has 7 heteroatoms.